The molecule has 2 atom stereocenters. The van der Waals surface area contributed by atoms with E-state index in [4.69, 9.17) is 0 Å². The molecule has 2 aromatic rings. The molecule has 0 bridgehead atoms. The number of benzene rings is 2. The fourth-order valence-corrected chi connectivity index (χ4v) is 3.75. The minimum atomic E-state index is -0.186. The maximum absolute atomic E-state index is 13.3. The smallest absolute Gasteiger partial charge is 0.326 e. The van der Waals surface area contributed by atoms with Gasteiger partial charge in [0.2, 0.25) is 0 Å². The molecule has 6 heteroatoms. The second-order valence-electron chi connectivity index (χ2n) is 8.20. The fourth-order valence-electron chi connectivity index (χ4n) is 3.75. The summed E-state index contributed by atoms with van der Waals surface area (Å²) in [5, 5.41) is 9.15. The number of nitrogens with one attached hydrogen (secondary N) is 3. The maximum Gasteiger partial charge on any atom is 0.326 e. The topological polar surface area (TPSA) is 73.5 Å². The maximum atomic E-state index is 13.3. The number of amides is 4. The van der Waals surface area contributed by atoms with Crippen LogP contribution in [0.25, 0.3) is 0 Å². The van der Waals surface area contributed by atoms with E-state index in [-0.39, 0.29) is 24.1 Å². The minimum Gasteiger partial charge on any atom is -0.338 e. The SMILES string of the molecule is CC(C)CNC(=O)NC1CCCCC1NC(=O)N(c1ccccc1)c1ccccc1. The molecule has 2 aromatic carbocycles. The number of para-hydroxylation sites is 2. The van der Waals surface area contributed by atoms with Crippen LogP contribution < -0.4 is 20.9 Å². The monoisotopic (exact) mass is 408 g/mol. The van der Waals surface area contributed by atoms with Gasteiger partial charge in [0.1, 0.15) is 0 Å². The van der Waals surface area contributed by atoms with Gasteiger partial charge in [-0.15, -0.1) is 0 Å². The summed E-state index contributed by atoms with van der Waals surface area (Å²) < 4.78 is 0. The van der Waals surface area contributed by atoms with Crippen molar-refractivity contribution in [2.75, 3.05) is 11.4 Å². The fraction of sp³-hybridized carbons (Fsp3) is 0.417. The van der Waals surface area contributed by atoms with E-state index in [0.717, 1.165) is 37.1 Å². The first kappa shape index (κ1) is 21.7. The predicted octanol–water partition coefficient (Wildman–Crippen LogP) is 4.80. The Kier molecular flexibility index (Phi) is 7.71. The molecule has 0 radical (unpaired) electrons. The molecule has 1 fully saturated rings. The van der Waals surface area contributed by atoms with Gasteiger partial charge in [-0.3, -0.25) is 4.90 Å². The van der Waals surface area contributed by atoms with Gasteiger partial charge < -0.3 is 16.0 Å². The van der Waals surface area contributed by atoms with Gasteiger partial charge in [-0.25, -0.2) is 9.59 Å². The normalized spacial score (nSPS) is 18.5. The highest BCUT2D eigenvalue weighted by Gasteiger charge is 2.30. The summed E-state index contributed by atoms with van der Waals surface area (Å²) in [4.78, 5) is 27.3. The number of hydrogen-bond acceptors (Lipinski definition) is 2. The van der Waals surface area contributed by atoms with Crippen molar-refractivity contribution in [2.24, 2.45) is 5.92 Å². The lowest BCUT2D eigenvalue weighted by molar-refractivity contribution is 0.216. The van der Waals surface area contributed by atoms with Gasteiger partial charge in [0, 0.05) is 6.54 Å². The number of urea groups is 2. The highest BCUT2D eigenvalue weighted by molar-refractivity contribution is 5.99. The molecule has 4 amide bonds. The van der Waals surface area contributed by atoms with Crippen LogP contribution in [0.2, 0.25) is 0 Å². The summed E-state index contributed by atoms with van der Waals surface area (Å²) in [5.74, 6) is 0.392. The van der Waals surface area contributed by atoms with E-state index in [1.54, 1.807) is 4.90 Å². The van der Waals surface area contributed by atoms with Gasteiger partial charge in [0.15, 0.2) is 0 Å². The number of carbonyl (C=O) groups excluding carboxylic acids is 2. The lowest BCUT2D eigenvalue weighted by atomic mass is 9.90. The summed E-state index contributed by atoms with van der Waals surface area (Å²) in [6.45, 7) is 4.75. The van der Waals surface area contributed by atoms with Crippen LogP contribution >= 0.6 is 0 Å². The molecule has 3 N–H and O–H groups in total. The number of rotatable bonds is 6. The van der Waals surface area contributed by atoms with Gasteiger partial charge in [-0.05, 0) is 43.0 Å². The molecule has 3 rings (SSSR count). The van der Waals surface area contributed by atoms with E-state index in [1.165, 1.54) is 0 Å². The highest BCUT2D eigenvalue weighted by atomic mass is 16.2. The summed E-state index contributed by atoms with van der Waals surface area (Å²) in [5.41, 5.74) is 1.60. The zero-order chi connectivity index (χ0) is 21.3. The molecule has 0 aromatic heterocycles. The van der Waals surface area contributed by atoms with E-state index in [2.05, 4.69) is 29.8 Å². The van der Waals surface area contributed by atoms with Crippen LogP contribution in [0.4, 0.5) is 21.0 Å². The summed E-state index contributed by atoms with van der Waals surface area (Å²) >= 11 is 0. The van der Waals surface area contributed by atoms with Crippen molar-refractivity contribution in [1.29, 1.82) is 0 Å². The van der Waals surface area contributed by atoms with Crippen molar-refractivity contribution in [3.63, 3.8) is 0 Å². The van der Waals surface area contributed by atoms with Crippen LogP contribution in [0.3, 0.4) is 0 Å². The van der Waals surface area contributed by atoms with Gasteiger partial charge >= 0.3 is 12.1 Å². The summed E-state index contributed by atoms with van der Waals surface area (Å²) in [7, 11) is 0. The van der Waals surface area contributed by atoms with Crippen molar-refractivity contribution in [2.45, 2.75) is 51.6 Å². The van der Waals surface area contributed by atoms with Crippen molar-refractivity contribution < 1.29 is 9.59 Å². The van der Waals surface area contributed by atoms with Gasteiger partial charge in [0.25, 0.3) is 0 Å². The van der Waals surface area contributed by atoms with E-state index in [0.29, 0.717) is 12.5 Å². The standard InChI is InChI=1S/C24H32N4O2/c1-18(2)17-25-23(29)26-21-15-9-10-16-22(21)27-24(30)28(19-11-5-3-6-12-19)20-13-7-4-8-14-20/h3-8,11-14,18,21-22H,9-10,15-17H2,1-2H3,(H,27,30)(H2,25,26,29). The van der Waals surface area contributed by atoms with E-state index in [1.807, 2.05) is 60.7 Å². The van der Waals surface area contributed by atoms with Crippen molar-refractivity contribution in [3.05, 3.63) is 60.7 Å². The Labute approximate surface area is 179 Å². The van der Waals surface area contributed by atoms with Crippen LogP contribution in [0, 0.1) is 5.92 Å². The number of hydrogen-bond donors (Lipinski definition) is 3. The van der Waals surface area contributed by atoms with Crippen LogP contribution in [0.15, 0.2) is 60.7 Å². The zero-order valence-corrected chi connectivity index (χ0v) is 17.8. The molecule has 1 aliphatic carbocycles. The number of nitrogens with zero attached hydrogens (tertiary/aromatic N) is 1. The van der Waals surface area contributed by atoms with E-state index in [9.17, 15) is 9.59 Å². The lowest BCUT2D eigenvalue weighted by Gasteiger charge is -2.34. The molecule has 1 saturated carbocycles. The Bertz CT molecular complexity index is 771. The first-order chi connectivity index (χ1) is 14.5. The van der Waals surface area contributed by atoms with Crippen LogP contribution in [0.5, 0.6) is 0 Å². The average molecular weight is 409 g/mol. The number of anilines is 2. The molecule has 6 nitrogen and oxygen atoms in total. The summed E-state index contributed by atoms with van der Waals surface area (Å²) in [6.07, 6.45) is 3.78. The third kappa shape index (κ3) is 5.99. The minimum absolute atomic E-state index is 0.0803. The zero-order valence-electron chi connectivity index (χ0n) is 17.8. The highest BCUT2D eigenvalue weighted by Crippen LogP contribution is 2.26. The third-order valence-electron chi connectivity index (χ3n) is 5.29. The van der Waals surface area contributed by atoms with E-state index < -0.39 is 0 Å². The molecule has 0 aliphatic heterocycles. The first-order valence-corrected chi connectivity index (χ1v) is 10.8. The molecule has 30 heavy (non-hydrogen) atoms. The Hall–Kier alpha value is -3.02. The van der Waals surface area contributed by atoms with Crippen LogP contribution in [0.1, 0.15) is 39.5 Å². The Morgan fingerprint density at radius 2 is 1.37 bits per heavy atom. The quantitative estimate of drug-likeness (QED) is 0.642. The molecule has 1 aliphatic rings. The van der Waals surface area contributed by atoms with Gasteiger partial charge in [-0.1, -0.05) is 63.1 Å². The molecular formula is C24H32N4O2. The van der Waals surface area contributed by atoms with Gasteiger partial charge in [0.05, 0.1) is 23.5 Å². The largest absolute Gasteiger partial charge is 0.338 e. The molecule has 0 spiro atoms. The third-order valence-corrected chi connectivity index (χ3v) is 5.29. The molecule has 0 heterocycles. The second kappa shape index (κ2) is 10.7. The Balaban J connectivity index is 1.72. The van der Waals surface area contributed by atoms with E-state index >= 15 is 0 Å². The van der Waals surface area contributed by atoms with Crippen molar-refractivity contribution in [3.8, 4) is 0 Å². The molecule has 160 valence electrons. The van der Waals surface area contributed by atoms with Crippen LogP contribution in [-0.4, -0.2) is 30.7 Å². The number of carbonyl (C=O) groups is 2. The van der Waals surface area contributed by atoms with Crippen molar-refractivity contribution in [1.82, 2.24) is 16.0 Å². The summed E-state index contributed by atoms with van der Waals surface area (Å²) in [6, 6.07) is 18.7. The Morgan fingerprint density at radius 3 is 1.87 bits per heavy atom. The first-order valence-electron chi connectivity index (χ1n) is 10.8. The predicted molar refractivity (Wildman–Crippen MR) is 121 cm³/mol. The second-order valence-corrected chi connectivity index (χ2v) is 8.20. The Morgan fingerprint density at radius 1 is 0.867 bits per heavy atom. The molecule has 0 saturated heterocycles. The average Bonchev–Trinajstić information content (AvgIpc) is 2.75. The van der Waals surface area contributed by atoms with Crippen molar-refractivity contribution >= 4 is 23.4 Å². The van der Waals surface area contributed by atoms with Gasteiger partial charge in [-0.2, -0.15) is 0 Å². The lowest BCUT2D eigenvalue weighted by Crippen LogP contribution is -2.57. The molecular weight excluding hydrogens is 376 g/mol. The molecule has 2 unspecified atom stereocenters. The van der Waals surface area contributed by atoms with Crippen LogP contribution in [-0.2, 0) is 0 Å².